The van der Waals surface area contributed by atoms with Crippen molar-refractivity contribution in [2.45, 2.75) is 71.6 Å². The Bertz CT molecular complexity index is 175. The average Bonchev–Trinajstić information content (AvgIpc) is 2.00. The van der Waals surface area contributed by atoms with Gasteiger partial charge >= 0.3 is 0 Å². The number of hydrogen-bond acceptors (Lipinski definition) is 2. The fraction of sp³-hybridized carbons (Fsp3) is 1.00. The molecule has 0 saturated carbocycles. The molecule has 0 saturated heterocycles. The van der Waals surface area contributed by atoms with Crippen molar-refractivity contribution in [3.8, 4) is 0 Å². The molecular formula is C11H26NO2+. The molecule has 0 amide bonds. The van der Waals surface area contributed by atoms with Gasteiger partial charge in [0.2, 0.25) is 0 Å². The second kappa shape index (κ2) is 4.60. The van der Waals surface area contributed by atoms with E-state index in [1.54, 1.807) is 12.0 Å². The molecule has 3 nitrogen and oxygen atoms in total. The van der Waals surface area contributed by atoms with Crippen LogP contribution in [0, 0.1) is 0 Å². The summed E-state index contributed by atoms with van der Waals surface area (Å²) in [4.78, 5) is 0. The van der Waals surface area contributed by atoms with Crippen molar-refractivity contribution in [2.75, 3.05) is 0 Å². The van der Waals surface area contributed by atoms with E-state index in [0.29, 0.717) is 6.42 Å². The fourth-order valence-electron chi connectivity index (χ4n) is 1.84. The summed E-state index contributed by atoms with van der Waals surface area (Å²) in [5.41, 5.74) is -0.425. The molecule has 0 bridgehead atoms. The summed E-state index contributed by atoms with van der Waals surface area (Å²) in [6, 6.07) is 0. The number of aliphatic hydroxyl groups excluding tert-OH is 1. The Morgan fingerprint density at radius 3 is 1.93 bits per heavy atom. The number of hydroxylamine groups is 2. The van der Waals surface area contributed by atoms with Gasteiger partial charge in [0.1, 0.15) is 0 Å². The van der Waals surface area contributed by atoms with Crippen molar-refractivity contribution in [3.63, 3.8) is 0 Å². The molecule has 0 aliphatic carbocycles. The molecule has 3 N–H and O–H groups in total. The Morgan fingerprint density at radius 2 is 1.71 bits per heavy atom. The highest BCUT2D eigenvalue weighted by atomic mass is 16.5. The molecular weight excluding hydrogens is 178 g/mol. The van der Waals surface area contributed by atoms with Gasteiger partial charge in [0, 0.05) is 0 Å². The van der Waals surface area contributed by atoms with Gasteiger partial charge in [0.25, 0.3) is 0 Å². The SMILES string of the molecule is CCC(C)(CC(C)O)N([OH2+])C(C)(C)C. The third kappa shape index (κ3) is 3.56. The molecule has 0 aromatic rings. The zero-order chi connectivity index (χ0) is 11.6. The zero-order valence-corrected chi connectivity index (χ0v) is 10.4. The molecule has 14 heavy (non-hydrogen) atoms. The van der Waals surface area contributed by atoms with Crippen LogP contribution in [0.25, 0.3) is 0 Å². The summed E-state index contributed by atoms with van der Waals surface area (Å²) >= 11 is 0. The van der Waals surface area contributed by atoms with Crippen LogP contribution in [-0.4, -0.2) is 32.6 Å². The first-order valence-corrected chi connectivity index (χ1v) is 5.33. The Balaban J connectivity index is 4.68. The van der Waals surface area contributed by atoms with Gasteiger partial charge in [-0.2, -0.15) is 0 Å². The Labute approximate surface area is 87.7 Å². The van der Waals surface area contributed by atoms with Crippen molar-refractivity contribution >= 4 is 0 Å². The normalized spacial score (nSPS) is 19.5. The Kier molecular flexibility index (Phi) is 4.56. The summed E-state index contributed by atoms with van der Waals surface area (Å²) in [7, 11) is 0. The number of aliphatic hydroxyl groups is 1. The van der Waals surface area contributed by atoms with Crippen molar-refractivity contribution < 1.29 is 10.3 Å². The summed E-state index contributed by atoms with van der Waals surface area (Å²) in [5.74, 6) is 0. The number of nitrogens with zero attached hydrogens (tertiary/aromatic N) is 1. The lowest BCUT2D eigenvalue weighted by Crippen LogP contribution is -2.54. The molecule has 3 heteroatoms. The summed E-state index contributed by atoms with van der Waals surface area (Å²) in [6.07, 6.45) is 1.17. The van der Waals surface area contributed by atoms with Gasteiger partial charge < -0.3 is 10.3 Å². The van der Waals surface area contributed by atoms with E-state index in [1.165, 1.54) is 0 Å². The molecule has 2 unspecified atom stereocenters. The van der Waals surface area contributed by atoms with E-state index in [1.807, 2.05) is 27.7 Å². The maximum Gasteiger partial charge on any atom is 0.0884 e. The molecule has 0 aliphatic rings. The largest absolute Gasteiger partial charge is 0.393 e. The van der Waals surface area contributed by atoms with E-state index in [0.717, 1.165) is 6.42 Å². The quantitative estimate of drug-likeness (QED) is 0.559. The molecule has 0 aliphatic heterocycles. The second-order valence-corrected chi connectivity index (χ2v) is 5.41. The van der Waals surface area contributed by atoms with Crippen LogP contribution in [0.4, 0.5) is 0 Å². The van der Waals surface area contributed by atoms with E-state index < -0.39 is 0 Å². The molecule has 0 aromatic heterocycles. The zero-order valence-electron chi connectivity index (χ0n) is 10.4. The lowest BCUT2D eigenvalue weighted by molar-refractivity contribution is -0.230. The highest BCUT2D eigenvalue weighted by Crippen LogP contribution is 2.29. The molecule has 0 radical (unpaired) electrons. The number of hydrogen-bond donors (Lipinski definition) is 1. The number of rotatable bonds is 4. The van der Waals surface area contributed by atoms with Gasteiger partial charge in [-0.05, 0) is 47.5 Å². The van der Waals surface area contributed by atoms with E-state index in [-0.39, 0.29) is 17.2 Å². The first-order chi connectivity index (χ1) is 6.13. The minimum Gasteiger partial charge on any atom is -0.393 e. The van der Waals surface area contributed by atoms with Gasteiger partial charge in [0.15, 0.2) is 0 Å². The van der Waals surface area contributed by atoms with Crippen LogP contribution in [-0.2, 0) is 0 Å². The molecule has 0 spiro atoms. The van der Waals surface area contributed by atoms with Crippen molar-refractivity contribution in [2.24, 2.45) is 0 Å². The van der Waals surface area contributed by atoms with E-state index in [9.17, 15) is 5.11 Å². The standard InChI is InChI=1S/C11H25NO2/c1-7-11(6,8-9(2)13)12(14)10(3,4)5/h9,13-14H,7-8H2,1-6H3/p+1. The summed E-state index contributed by atoms with van der Waals surface area (Å²) in [5, 5.41) is 19.1. The monoisotopic (exact) mass is 204 g/mol. The Morgan fingerprint density at radius 1 is 1.29 bits per heavy atom. The van der Waals surface area contributed by atoms with Crippen LogP contribution in [0.2, 0.25) is 0 Å². The van der Waals surface area contributed by atoms with Crippen LogP contribution in [0.15, 0.2) is 0 Å². The van der Waals surface area contributed by atoms with Crippen LogP contribution in [0.1, 0.15) is 54.4 Å². The molecule has 0 heterocycles. The van der Waals surface area contributed by atoms with E-state index >= 15 is 0 Å². The average molecular weight is 204 g/mol. The molecule has 0 aromatic carbocycles. The maximum atomic E-state index is 9.42. The highest BCUT2D eigenvalue weighted by Gasteiger charge is 2.41. The highest BCUT2D eigenvalue weighted by molar-refractivity contribution is 4.88. The van der Waals surface area contributed by atoms with E-state index in [4.69, 9.17) is 5.21 Å². The molecule has 0 fully saturated rings. The summed E-state index contributed by atoms with van der Waals surface area (Å²) < 4.78 is 0. The van der Waals surface area contributed by atoms with Crippen molar-refractivity contribution in [3.05, 3.63) is 0 Å². The predicted octanol–water partition coefficient (Wildman–Crippen LogP) is 1.67. The molecule has 86 valence electrons. The maximum absolute atomic E-state index is 9.42. The third-order valence-electron chi connectivity index (χ3n) is 2.71. The minimum atomic E-state index is -0.352. The van der Waals surface area contributed by atoms with Gasteiger partial charge in [-0.25, -0.2) is 0 Å². The lowest BCUT2D eigenvalue weighted by atomic mass is 9.88. The predicted molar refractivity (Wildman–Crippen MR) is 60.2 cm³/mol. The summed E-state index contributed by atoms with van der Waals surface area (Å²) in [6.45, 7) is 12.0. The Hall–Kier alpha value is -0.120. The second-order valence-electron chi connectivity index (χ2n) is 5.41. The molecule has 0 rings (SSSR count). The molecule has 2 atom stereocenters. The van der Waals surface area contributed by atoms with Crippen LogP contribution in [0.3, 0.4) is 0 Å². The topological polar surface area (TPSA) is 46.4 Å². The first kappa shape index (κ1) is 13.9. The van der Waals surface area contributed by atoms with Gasteiger partial charge in [-0.15, -0.1) is 0 Å². The van der Waals surface area contributed by atoms with Crippen LogP contribution in [0.5, 0.6) is 0 Å². The van der Waals surface area contributed by atoms with Gasteiger partial charge in [-0.3, -0.25) is 0 Å². The third-order valence-corrected chi connectivity index (χ3v) is 2.71. The minimum absolute atomic E-state index is 0.181. The van der Waals surface area contributed by atoms with Crippen molar-refractivity contribution in [1.82, 2.24) is 5.06 Å². The van der Waals surface area contributed by atoms with Gasteiger partial charge in [0.05, 0.1) is 17.2 Å². The fourth-order valence-corrected chi connectivity index (χ4v) is 1.84. The lowest BCUT2D eigenvalue weighted by Gasteiger charge is -2.40. The smallest absolute Gasteiger partial charge is 0.0884 e. The van der Waals surface area contributed by atoms with E-state index in [2.05, 4.69) is 6.92 Å². The van der Waals surface area contributed by atoms with Crippen LogP contribution >= 0.6 is 0 Å². The van der Waals surface area contributed by atoms with Crippen LogP contribution < -0.4 is 0 Å². The van der Waals surface area contributed by atoms with Crippen molar-refractivity contribution in [1.29, 1.82) is 0 Å². The first-order valence-electron chi connectivity index (χ1n) is 5.33. The van der Waals surface area contributed by atoms with Gasteiger partial charge in [-0.1, -0.05) is 12.0 Å².